The zero-order valence-electron chi connectivity index (χ0n) is 24.0. The van der Waals surface area contributed by atoms with E-state index >= 15 is 0 Å². The Hall–Kier alpha value is -4.15. The second-order valence-electron chi connectivity index (χ2n) is 11.4. The number of anilines is 1. The molecule has 0 amide bonds. The zero-order chi connectivity index (χ0) is 30.2. The molecule has 2 saturated heterocycles. The van der Waals surface area contributed by atoms with Crippen molar-refractivity contribution in [2.75, 3.05) is 38.1 Å². The number of carbonyl (C=O) groups excluding carboxylic acids is 1. The van der Waals surface area contributed by atoms with Gasteiger partial charge in [-0.25, -0.2) is 9.97 Å². The Morgan fingerprint density at radius 3 is 2.49 bits per heavy atom. The lowest BCUT2D eigenvalue weighted by Gasteiger charge is -2.38. The molecule has 10 nitrogen and oxygen atoms in total. The van der Waals surface area contributed by atoms with Gasteiger partial charge in [0, 0.05) is 48.8 Å². The third kappa shape index (κ3) is 5.77. The summed E-state index contributed by atoms with van der Waals surface area (Å²) in [5, 5.41) is 22.2. The van der Waals surface area contributed by atoms with Crippen LogP contribution in [0.15, 0.2) is 58.0 Å². The van der Waals surface area contributed by atoms with E-state index in [0.29, 0.717) is 67.4 Å². The minimum Gasteiger partial charge on any atom is -0.507 e. The zero-order valence-corrected chi connectivity index (χ0v) is 24.8. The number of benzene rings is 2. The average molecular weight is 605 g/mol. The van der Waals surface area contributed by atoms with E-state index in [0.717, 1.165) is 11.8 Å². The number of aromatic hydroxyl groups is 2. The van der Waals surface area contributed by atoms with E-state index in [4.69, 9.17) is 20.8 Å². The van der Waals surface area contributed by atoms with Crippen LogP contribution in [0.5, 0.6) is 11.5 Å². The molecule has 0 aliphatic carbocycles. The van der Waals surface area contributed by atoms with E-state index in [2.05, 4.69) is 19.8 Å². The van der Waals surface area contributed by atoms with Crippen LogP contribution in [-0.2, 0) is 9.53 Å². The van der Waals surface area contributed by atoms with Crippen LogP contribution in [0.4, 0.5) is 5.69 Å². The van der Waals surface area contributed by atoms with Crippen LogP contribution in [0.1, 0.15) is 36.6 Å². The number of likely N-dealkylation sites (tertiary alicyclic amines) is 1. The first-order valence-electron chi connectivity index (χ1n) is 14.4. The van der Waals surface area contributed by atoms with E-state index < -0.39 is 17.5 Å². The van der Waals surface area contributed by atoms with Crippen molar-refractivity contribution >= 4 is 34.2 Å². The molecule has 0 bridgehead atoms. The maximum absolute atomic E-state index is 13.5. The number of hydrogen-bond donors (Lipinski definition) is 2. The first kappa shape index (κ1) is 28.9. The van der Waals surface area contributed by atoms with Crippen molar-refractivity contribution in [2.24, 2.45) is 5.92 Å². The summed E-state index contributed by atoms with van der Waals surface area (Å²) in [7, 11) is 1.95. The molecule has 224 valence electrons. The molecule has 0 unspecified atom stereocenters. The molecule has 2 aromatic carbocycles. The van der Waals surface area contributed by atoms with Crippen LogP contribution in [0, 0.1) is 12.8 Å². The topological polar surface area (TPSA) is 129 Å². The Labute approximate surface area is 253 Å². The first-order chi connectivity index (χ1) is 20.7. The van der Waals surface area contributed by atoms with Gasteiger partial charge in [0.1, 0.15) is 40.2 Å². The molecular weight excluding hydrogens is 572 g/mol. The molecule has 0 spiro atoms. The fourth-order valence-corrected chi connectivity index (χ4v) is 6.39. The van der Waals surface area contributed by atoms with Gasteiger partial charge in [0.25, 0.3) is 0 Å². The van der Waals surface area contributed by atoms with Gasteiger partial charge in [0.2, 0.25) is 0 Å². The molecule has 2 N–H and O–H groups in total. The first-order valence-corrected chi connectivity index (χ1v) is 14.8. The molecular formula is C32H33ClN4O6. The lowest BCUT2D eigenvalue weighted by Crippen LogP contribution is -2.45. The van der Waals surface area contributed by atoms with Gasteiger partial charge in [-0.05, 0) is 51.9 Å². The van der Waals surface area contributed by atoms with Gasteiger partial charge in [-0.1, -0.05) is 23.7 Å². The summed E-state index contributed by atoms with van der Waals surface area (Å²) < 4.78 is 12.4. The van der Waals surface area contributed by atoms with Crippen LogP contribution in [0.3, 0.4) is 0 Å². The van der Waals surface area contributed by atoms with Crippen molar-refractivity contribution in [1.82, 2.24) is 14.9 Å². The van der Waals surface area contributed by atoms with Crippen molar-refractivity contribution in [3.05, 3.63) is 75.4 Å². The number of rotatable bonds is 5. The van der Waals surface area contributed by atoms with E-state index in [1.807, 2.05) is 14.0 Å². The lowest BCUT2D eigenvalue weighted by atomic mass is 9.85. The summed E-state index contributed by atoms with van der Waals surface area (Å²) in [4.78, 5) is 39.6. The van der Waals surface area contributed by atoms with Crippen LogP contribution in [0.2, 0.25) is 5.02 Å². The molecule has 4 heterocycles. The molecule has 11 heteroatoms. The Kier molecular flexibility index (Phi) is 7.98. The van der Waals surface area contributed by atoms with E-state index in [-0.39, 0.29) is 40.1 Å². The Bertz CT molecular complexity index is 1720. The van der Waals surface area contributed by atoms with Crippen molar-refractivity contribution in [1.29, 1.82) is 0 Å². The van der Waals surface area contributed by atoms with Gasteiger partial charge >= 0.3 is 5.97 Å². The highest BCUT2D eigenvalue weighted by atomic mass is 35.5. The van der Waals surface area contributed by atoms with Gasteiger partial charge in [-0.15, -0.1) is 0 Å². The molecule has 0 saturated carbocycles. The van der Waals surface area contributed by atoms with Gasteiger partial charge < -0.3 is 29.2 Å². The quantitative estimate of drug-likeness (QED) is 0.304. The number of likely N-dealkylation sites (N-methyl/N-ethyl adjacent to an activating group) is 1. The molecule has 6 rings (SSSR count). The lowest BCUT2D eigenvalue weighted by molar-refractivity contribution is -0.158. The number of fused-ring (bicyclic) bond motifs is 1. The Morgan fingerprint density at radius 1 is 1.05 bits per heavy atom. The third-order valence-corrected chi connectivity index (χ3v) is 8.83. The number of ether oxygens (including phenoxy) is 1. The summed E-state index contributed by atoms with van der Waals surface area (Å²) in [6, 6.07) is 9.40. The van der Waals surface area contributed by atoms with Crippen LogP contribution in [0.25, 0.3) is 22.3 Å². The highest BCUT2D eigenvalue weighted by Gasteiger charge is 2.38. The number of nitrogens with zero attached hydrogens (tertiary/aromatic N) is 4. The number of aromatic nitrogens is 2. The number of esters is 1. The van der Waals surface area contributed by atoms with Crippen LogP contribution < -0.4 is 10.3 Å². The number of hydrogen-bond acceptors (Lipinski definition) is 10. The highest BCUT2D eigenvalue weighted by molar-refractivity contribution is 6.33. The predicted molar refractivity (Wildman–Crippen MR) is 163 cm³/mol. The average Bonchev–Trinajstić information content (AvgIpc) is 2.98. The van der Waals surface area contributed by atoms with Crippen LogP contribution in [-0.4, -0.2) is 70.4 Å². The smallest absolute Gasteiger partial charge is 0.309 e. The van der Waals surface area contributed by atoms with Crippen molar-refractivity contribution in [2.45, 2.75) is 38.2 Å². The van der Waals surface area contributed by atoms with E-state index in [1.54, 1.807) is 36.7 Å². The number of halogens is 1. The molecule has 2 aromatic heterocycles. The van der Waals surface area contributed by atoms with Crippen molar-refractivity contribution < 1.29 is 24.2 Å². The number of piperidine rings is 2. The maximum atomic E-state index is 13.5. The van der Waals surface area contributed by atoms with Gasteiger partial charge in [-0.3, -0.25) is 9.59 Å². The van der Waals surface area contributed by atoms with E-state index in [1.165, 1.54) is 6.07 Å². The summed E-state index contributed by atoms with van der Waals surface area (Å²) >= 11 is 6.40. The number of carbonyl (C=O) groups is 1. The molecule has 2 aliphatic rings. The van der Waals surface area contributed by atoms with Crippen molar-refractivity contribution in [3.8, 4) is 22.8 Å². The van der Waals surface area contributed by atoms with Gasteiger partial charge in [0.05, 0.1) is 29.0 Å². The minimum absolute atomic E-state index is 0.0416. The Morgan fingerprint density at radius 2 is 1.77 bits per heavy atom. The minimum atomic E-state index is -0.609. The summed E-state index contributed by atoms with van der Waals surface area (Å²) in [5.41, 5.74) is 1.36. The maximum Gasteiger partial charge on any atom is 0.309 e. The summed E-state index contributed by atoms with van der Waals surface area (Å²) in [6.45, 7) is 4.31. The predicted octanol–water partition coefficient (Wildman–Crippen LogP) is 4.87. The largest absolute Gasteiger partial charge is 0.507 e. The Balaban J connectivity index is 1.30. The monoisotopic (exact) mass is 604 g/mol. The molecule has 2 aliphatic heterocycles. The molecule has 4 aromatic rings. The summed E-state index contributed by atoms with van der Waals surface area (Å²) in [5.74, 6) is -0.729. The normalized spacial score (nSPS) is 19.9. The molecule has 43 heavy (non-hydrogen) atoms. The summed E-state index contributed by atoms with van der Waals surface area (Å²) in [6.07, 6.45) is 4.78. The van der Waals surface area contributed by atoms with Gasteiger partial charge in [-0.2, -0.15) is 0 Å². The molecule has 0 radical (unpaired) electrons. The number of phenols is 2. The number of aryl methyl sites for hydroxylation is 1. The fourth-order valence-electron chi connectivity index (χ4n) is 6.16. The van der Waals surface area contributed by atoms with Crippen LogP contribution >= 0.6 is 11.6 Å². The number of phenolic OH excluding ortho intramolecular Hbond substituents is 2. The van der Waals surface area contributed by atoms with Gasteiger partial charge in [0.15, 0.2) is 5.43 Å². The second kappa shape index (κ2) is 11.9. The fraction of sp³-hybridized carbons (Fsp3) is 0.375. The third-order valence-electron chi connectivity index (χ3n) is 8.50. The second-order valence-corrected chi connectivity index (χ2v) is 11.8. The molecule has 2 fully saturated rings. The van der Waals surface area contributed by atoms with E-state index in [9.17, 15) is 19.8 Å². The SMILES string of the molecule is Cc1ncc(N2CCC(C(=O)O[C@@H]3CN(C)CC[C@@H]3c3c(O)cc(O)c4c(=O)cc(-c5ccccc5Cl)oc34)CC2)cn1. The standard InChI is InChI=1S/C32H33ClN4O6/c1-18-34-15-20(16-35-18)37-11-7-19(8-12-37)32(41)43-28-17-36(2)10-9-22(28)29-24(38)13-25(39)30-26(40)14-27(42-31(29)30)21-5-3-4-6-23(21)33/h3-6,13-16,19,22,28,38-39H,7-12,17H2,1-2H3/t22-,28+/m0/s1. The van der Waals surface area contributed by atoms with Crippen molar-refractivity contribution in [3.63, 3.8) is 0 Å². The molecule has 2 atom stereocenters. The highest BCUT2D eigenvalue weighted by Crippen LogP contribution is 2.44.